The first kappa shape index (κ1) is 11.6. The van der Waals surface area contributed by atoms with Crippen molar-refractivity contribution < 1.29 is 8.97 Å². The molecule has 6 saturated heterocycles. The third-order valence-electron chi connectivity index (χ3n) is 6.39. The van der Waals surface area contributed by atoms with Crippen LogP contribution in [0.3, 0.4) is 0 Å². The van der Waals surface area contributed by atoms with Crippen molar-refractivity contribution in [3.63, 3.8) is 0 Å². The van der Waals surface area contributed by atoms with Crippen LogP contribution in [0.5, 0.6) is 0 Å². The Bertz CT molecular complexity index is 254. The van der Waals surface area contributed by atoms with E-state index >= 15 is 0 Å². The van der Waals surface area contributed by atoms with E-state index in [-0.39, 0.29) is 0 Å². The van der Waals surface area contributed by atoms with Gasteiger partial charge in [-0.25, -0.2) is 0 Å². The van der Waals surface area contributed by atoms with E-state index in [1.165, 1.54) is 101 Å². The van der Waals surface area contributed by atoms with Crippen LogP contribution < -0.4 is 0 Å². The van der Waals surface area contributed by atoms with Crippen LogP contribution in [0.4, 0.5) is 0 Å². The third-order valence-corrected chi connectivity index (χ3v) is 6.39. The highest BCUT2D eigenvalue weighted by Gasteiger charge is 2.43. The standard InChI is InChI=1S/C14H28N4/c1-7-17(8-2-15(1)3-9-17)13-14-18-10-4-16(5-11-18)6-12-18/h1-14H2/q+2. The van der Waals surface area contributed by atoms with Crippen LogP contribution >= 0.6 is 0 Å². The number of hydrogen-bond donors (Lipinski definition) is 0. The fourth-order valence-corrected chi connectivity index (χ4v) is 4.56. The molecule has 0 aromatic rings. The average Bonchev–Trinajstić information content (AvgIpc) is 2.49. The molecular weight excluding hydrogens is 224 g/mol. The topological polar surface area (TPSA) is 6.48 Å². The van der Waals surface area contributed by atoms with Gasteiger partial charge in [0.1, 0.15) is 13.1 Å². The lowest BCUT2D eigenvalue weighted by Gasteiger charge is -2.54. The van der Waals surface area contributed by atoms with Crippen LogP contribution in [0.15, 0.2) is 0 Å². The molecule has 18 heavy (non-hydrogen) atoms. The first-order chi connectivity index (χ1) is 8.78. The van der Waals surface area contributed by atoms with Crippen molar-refractivity contribution in [1.82, 2.24) is 9.80 Å². The molecule has 6 fully saturated rings. The van der Waals surface area contributed by atoms with Gasteiger partial charge in [-0.1, -0.05) is 0 Å². The van der Waals surface area contributed by atoms with Crippen molar-refractivity contribution in [3.05, 3.63) is 0 Å². The summed E-state index contributed by atoms with van der Waals surface area (Å²) < 4.78 is 2.92. The van der Waals surface area contributed by atoms with E-state index in [1.54, 1.807) is 0 Å². The third kappa shape index (κ3) is 1.90. The predicted octanol–water partition coefficient (Wildman–Crippen LogP) is -0.722. The van der Waals surface area contributed by atoms with E-state index in [2.05, 4.69) is 9.80 Å². The molecule has 0 aliphatic carbocycles. The zero-order chi connectivity index (χ0) is 12.1. The minimum Gasteiger partial charge on any atom is -0.316 e. The number of rotatable bonds is 3. The molecule has 0 radical (unpaired) electrons. The summed E-state index contributed by atoms with van der Waals surface area (Å²) >= 11 is 0. The number of quaternary nitrogens is 2. The fraction of sp³-hybridized carbons (Fsp3) is 1.00. The van der Waals surface area contributed by atoms with Gasteiger partial charge in [0.15, 0.2) is 0 Å². The normalized spacial score (nSPS) is 50.7. The average molecular weight is 252 g/mol. The number of nitrogens with zero attached hydrogens (tertiary/aromatic N) is 4. The summed E-state index contributed by atoms with van der Waals surface area (Å²) in [5.41, 5.74) is 0. The van der Waals surface area contributed by atoms with Gasteiger partial charge in [0, 0.05) is 39.3 Å². The molecule has 6 heterocycles. The van der Waals surface area contributed by atoms with Crippen LogP contribution in [0.1, 0.15) is 0 Å². The lowest BCUT2D eigenvalue weighted by atomic mass is 10.1. The van der Waals surface area contributed by atoms with Gasteiger partial charge in [-0.15, -0.1) is 0 Å². The first-order valence-electron chi connectivity index (χ1n) is 7.93. The Morgan fingerprint density at radius 1 is 0.500 bits per heavy atom. The Kier molecular flexibility index (Phi) is 2.70. The fourth-order valence-electron chi connectivity index (χ4n) is 4.56. The molecule has 6 rings (SSSR count). The molecule has 6 aliphatic rings. The van der Waals surface area contributed by atoms with E-state index in [1.807, 2.05) is 0 Å². The van der Waals surface area contributed by atoms with Gasteiger partial charge in [-0.05, 0) is 0 Å². The van der Waals surface area contributed by atoms with E-state index in [0.717, 1.165) is 0 Å². The summed E-state index contributed by atoms with van der Waals surface area (Å²) in [6, 6.07) is 0. The van der Waals surface area contributed by atoms with Crippen molar-refractivity contribution in [2.75, 3.05) is 91.6 Å². The Morgan fingerprint density at radius 3 is 1.06 bits per heavy atom. The van der Waals surface area contributed by atoms with E-state index in [9.17, 15) is 0 Å². The van der Waals surface area contributed by atoms with Crippen LogP contribution in [-0.4, -0.2) is 110 Å². The van der Waals surface area contributed by atoms with Gasteiger partial charge in [-0.2, -0.15) is 0 Å². The minimum atomic E-state index is 1.37. The minimum absolute atomic E-state index is 1.37. The van der Waals surface area contributed by atoms with Crippen molar-refractivity contribution in [2.24, 2.45) is 0 Å². The summed E-state index contributed by atoms with van der Waals surface area (Å²) in [4.78, 5) is 5.32. The summed E-state index contributed by atoms with van der Waals surface area (Å²) in [7, 11) is 0. The molecule has 0 N–H and O–H groups in total. The second-order valence-corrected chi connectivity index (χ2v) is 7.16. The largest absolute Gasteiger partial charge is 0.316 e. The second-order valence-electron chi connectivity index (χ2n) is 7.16. The molecule has 4 nitrogen and oxygen atoms in total. The van der Waals surface area contributed by atoms with E-state index in [0.29, 0.717) is 0 Å². The summed E-state index contributed by atoms with van der Waals surface area (Å²) in [6.45, 7) is 19.8. The maximum Gasteiger partial charge on any atom is 0.129 e. The Hall–Kier alpha value is -0.160. The quantitative estimate of drug-likeness (QED) is 0.612. The lowest BCUT2D eigenvalue weighted by molar-refractivity contribution is -0.992. The van der Waals surface area contributed by atoms with Crippen molar-refractivity contribution in [1.29, 1.82) is 0 Å². The smallest absolute Gasteiger partial charge is 0.129 e. The maximum atomic E-state index is 2.66. The second kappa shape index (κ2) is 4.17. The molecule has 0 unspecified atom stereocenters. The molecule has 4 heteroatoms. The molecule has 6 aliphatic heterocycles. The van der Waals surface area contributed by atoms with E-state index < -0.39 is 0 Å². The van der Waals surface area contributed by atoms with Gasteiger partial charge in [-0.3, -0.25) is 9.80 Å². The van der Waals surface area contributed by atoms with Crippen molar-refractivity contribution >= 4 is 0 Å². The number of piperazine rings is 6. The van der Waals surface area contributed by atoms with Crippen molar-refractivity contribution in [2.45, 2.75) is 0 Å². The monoisotopic (exact) mass is 252 g/mol. The first-order valence-corrected chi connectivity index (χ1v) is 7.93. The summed E-state index contributed by atoms with van der Waals surface area (Å²) in [6.07, 6.45) is 0. The van der Waals surface area contributed by atoms with Crippen LogP contribution in [0, 0.1) is 0 Å². The number of hydrogen-bond acceptors (Lipinski definition) is 2. The lowest BCUT2D eigenvalue weighted by Crippen LogP contribution is -2.72. The van der Waals surface area contributed by atoms with Crippen molar-refractivity contribution in [3.8, 4) is 0 Å². The molecule has 0 aromatic heterocycles. The van der Waals surface area contributed by atoms with Crippen LogP contribution in [0.2, 0.25) is 0 Å². The maximum absolute atomic E-state index is 2.66. The zero-order valence-electron chi connectivity index (χ0n) is 11.7. The van der Waals surface area contributed by atoms with Gasteiger partial charge in [0.25, 0.3) is 0 Å². The molecule has 0 spiro atoms. The Labute approximate surface area is 111 Å². The molecule has 0 atom stereocenters. The summed E-state index contributed by atoms with van der Waals surface area (Å²) in [5.74, 6) is 0. The predicted molar refractivity (Wildman–Crippen MR) is 72.3 cm³/mol. The number of fused-ring (bicyclic) bond motifs is 6. The highest BCUT2D eigenvalue weighted by atomic mass is 15.5. The molecule has 4 bridgehead atoms. The Balaban J connectivity index is 1.40. The highest BCUT2D eigenvalue weighted by Crippen LogP contribution is 2.23. The summed E-state index contributed by atoms with van der Waals surface area (Å²) in [5, 5.41) is 0. The van der Waals surface area contributed by atoms with Crippen LogP contribution in [-0.2, 0) is 0 Å². The van der Waals surface area contributed by atoms with Gasteiger partial charge < -0.3 is 8.97 Å². The van der Waals surface area contributed by atoms with Gasteiger partial charge >= 0.3 is 0 Å². The van der Waals surface area contributed by atoms with Crippen LogP contribution in [0.25, 0.3) is 0 Å². The molecular formula is C14H28N4+2. The molecule has 102 valence electrons. The Morgan fingerprint density at radius 2 is 0.778 bits per heavy atom. The zero-order valence-corrected chi connectivity index (χ0v) is 11.7. The SMILES string of the molecule is C1C[N+]2(CC[N+]34CCN(CC3)CC4)CCN1CC2. The highest BCUT2D eigenvalue weighted by molar-refractivity contribution is 4.73. The van der Waals surface area contributed by atoms with Gasteiger partial charge in [0.05, 0.1) is 39.3 Å². The van der Waals surface area contributed by atoms with Gasteiger partial charge in [0.2, 0.25) is 0 Å². The molecule has 0 amide bonds. The molecule has 0 saturated carbocycles. The van der Waals surface area contributed by atoms with E-state index in [4.69, 9.17) is 0 Å². The molecule has 0 aromatic carbocycles.